The molecule has 0 fully saturated rings. The summed E-state index contributed by atoms with van der Waals surface area (Å²) in [5.41, 5.74) is -0.877. The van der Waals surface area contributed by atoms with E-state index in [-0.39, 0.29) is 11.8 Å². The molecule has 0 aliphatic rings. The fraction of sp³-hybridized carbons (Fsp3) is 0. The van der Waals surface area contributed by atoms with Crippen LogP contribution in [-0.4, -0.2) is 21.6 Å². The maximum absolute atomic E-state index is 10.4. The van der Waals surface area contributed by atoms with Gasteiger partial charge in [-0.25, -0.2) is 0 Å². The second kappa shape index (κ2) is 1.77. The molecule has 0 atom stereocenters. The Morgan fingerprint density at radius 3 is 2.33 bits per heavy atom. The average Bonchev–Trinajstić information content (AvgIpc) is 2.12. The molecule has 0 radical (unpaired) electrons. The summed E-state index contributed by atoms with van der Waals surface area (Å²) in [6.45, 7) is 0. The standard InChI is InChI=1S/C4H4N2O3/c7-1-2-3(8)5-6-4(2)9/h1H,(H3,5,6,8,9). The average molecular weight is 128 g/mol. The highest BCUT2D eigenvalue weighted by Crippen LogP contribution is 2.01. The van der Waals surface area contributed by atoms with Crippen LogP contribution >= 0.6 is 0 Å². The van der Waals surface area contributed by atoms with Crippen molar-refractivity contribution in [1.82, 2.24) is 10.2 Å². The van der Waals surface area contributed by atoms with Crippen LogP contribution in [-0.2, 0) is 0 Å². The molecule has 5 heteroatoms. The van der Waals surface area contributed by atoms with E-state index in [1.165, 1.54) is 0 Å². The fourth-order valence-corrected chi connectivity index (χ4v) is 0.468. The maximum Gasteiger partial charge on any atom is 0.278 e. The maximum atomic E-state index is 10.4. The number of aromatic nitrogens is 2. The number of rotatable bonds is 1. The van der Waals surface area contributed by atoms with Gasteiger partial charge in [0.2, 0.25) is 5.88 Å². The van der Waals surface area contributed by atoms with Gasteiger partial charge in [0.1, 0.15) is 5.56 Å². The van der Waals surface area contributed by atoms with Crippen LogP contribution in [0, 0.1) is 0 Å². The van der Waals surface area contributed by atoms with Crippen LogP contribution in [0.4, 0.5) is 0 Å². The predicted molar refractivity (Wildman–Crippen MR) is 28.5 cm³/mol. The van der Waals surface area contributed by atoms with E-state index in [4.69, 9.17) is 5.11 Å². The first kappa shape index (κ1) is 5.61. The first-order valence-electron chi connectivity index (χ1n) is 2.20. The number of carbonyl (C=O) groups is 1. The molecular weight excluding hydrogens is 124 g/mol. The Morgan fingerprint density at radius 2 is 2.11 bits per heavy atom. The molecule has 0 aliphatic heterocycles. The van der Waals surface area contributed by atoms with Crippen LogP contribution in [0.1, 0.15) is 10.4 Å². The van der Waals surface area contributed by atoms with E-state index in [0.29, 0.717) is 0 Å². The number of nitrogens with one attached hydrogen (secondary N) is 2. The smallest absolute Gasteiger partial charge is 0.278 e. The molecule has 0 unspecified atom stereocenters. The van der Waals surface area contributed by atoms with Gasteiger partial charge < -0.3 is 5.11 Å². The minimum absolute atomic E-state index is 0.269. The summed E-state index contributed by atoms with van der Waals surface area (Å²) >= 11 is 0. The number of hydrogen-bond donors (Lipinski definition) is 3. The predicted octanol–water partition coefficient (Wildman–Crippen LogP) is -0.779. The molecule has 0 aromatic carbocycles. The van der Waals surface area contributed by atoms with Gasteiger partial charge in [-0.05, 0) is 0 Å². The summed E-state index contributed by atoms with van der Waals surface area (Å²) in [6, 6.07) is 0. The minimum Gasteiger partial charge on any atom is -0.493 e. The highest BCUT2D eigenvalue weighted by molar-refractivity contribution is 5.77. The Morgan fingerprint density at radius 1 is 1.44 bits per heavy atom. The fourth-order valence-electron chi connectivity index (χ4n) is 0.468. The van der Waals surface area contributed by atoms with Crippen LogP contribution in [0.5, 0.6) is 5.88 Å². The summed E-state index contributed by atoms with van der Waals surface area (Å²) in [7, 11) is 0. The monoisotopic (exact) mass is 128 g/mol. The van der Waals surface area contributed by atoms with E-state index in [1.807, 2.05) is 5.10 Å². The van der Waals surface area contributed by atoms with Gasteiger partial charge in [0.25, 0.3) is 5.56 Å². The van der Waals surface area contributed by atoms with E-state index in [2.05, 4.69) is 5.10 Å². The van der Waals surface area contributed by atoms with Crippen molar-refractivity contribution in [1.29, 1.82) is 0 Å². The number of H-pyrrole nitrogens is 2. The largest absolute Gasteiger partial charge is 0.493 e. The molecular formula is C4H4N2O3. The molecule has 0 spiro atoms. The van der Waals surface area contributed by atoms with Gasteiger partial charge >= 0.3 is 0 Å². The van der Waals surface area contributed by atoms with Crippen molar-refractivity contribution >= 4 is 6.29 Å². The van der Waals surface area contributed by atoms with Gasteiger partial charge in [0, 0.05) is 0 Å². The highest BCUT2D eigenvalue weighted by atomic mass is 16.3. The number of aromatic hydroxyl groups is 1. The topological polar surface area (TPSA) is 85.9 Å². The van der Waals surface area contributed by atoms with E-state index in [0.717, 1.165) is 0 Å². The van der Waals surface area contributed by atoms with Crippen molar-refractivity contribution in [2.24, 2.45) is 0 Å². The van der Waals surface area contributed by atoms with Gasteiger partial charge in [-0.1, -0.05) is 0 Å². The highest BCUT2D eigenvalue weighted by Gasteiger charge is 2.04. The van der Waals surface area contributed by atoms with E-state index in [9.17, 15) is 9.59 Å². The van der Waals surface area contributed by atoms with Crippen molar-refractivity contribution in [3.63, 3.8) is 0 Å². The third kappa shape index (κ3) is 0.716. The molecule has 0 aliphatic carbocycles. The lowest BCUT2D eigenvalue weighted by atomic mass is 10.4. The van der Waals surface area contributed by atoms with E-state index in [1.54, 1.807) is 0 Å². The summed E-state index contributed by atoms with van der Waals surface area (Å²) in [5, 5.41) is 12.7. The second-order valence-corrected chi connectivity index (χ2v) is 1.46. The Balaban J connectivity index is 3.40. The van der Waals surface area contributed by atoms with Crippen molar-refractivity contribution in [3.8, 4) is 5.88 Å². The van der Waals surface area contributed by atoms with E-state index >= 15 is 0 Å². The molecule has 1 rings (SSSR count). The van der Waals surface area contributed by atoms with Crippen molar-refractivity contribution in [3.05, 3.63) is 15.9 Å². The van der Waals surface area contributed by atoms with Crippen LogP contribution in [0.25, 0.3) is 0 Å². The number of aldehydes is 1. The first-order chi connectivity index (χ1) is 4.25. The normalized spacial score (nSPS) is 9.33. The van der Waals surface area contributed by atoms with Crippen LogP contribution in [0.15, 0.2) is 4.79 Å². The number of aromatic amines is 2. The summed E-state index contributed by atoms with van der Waals surface area (Å²) in [6.07, 6.45) is 0.282. The van der Waals surface area contributed by atoms with Gasteiger partial charge in [-0.15, -0.1) is 0 Å². The zero-order chi connectivity index (χ0) is 6.85. The molecule has 48 valence electrons. The molecule has 9 heavy (non-hydrogen) atoms. The Labute approximate surface area is 49.3 Å². The second-order valence-electron chi connectivity index (χ2n) is 1.46. The quantitative estimate of drug-likeness (QED) is 0.433. The molecule has 0 bridgehead atoms. The lowest BCUT2D eigenvalue weighted by molar-refractivity contribution is 0.112. The van der Waals surface area contributed by atoms with Crippen LogP contribution < -0.4 is 5.56 Å². The Kier molecular flexibility index (Phi) is 1.11. The molecule has 1 heterocycles. The van der Waals surface area contributed by atoms with E-state index < -0.39 is 11.4 Å². The lowest BCUT2D eigenvalue weighted by Gasteiger charge is -1.77. The summed E-state index contributed by atoms with van der Waals surface area (Å²) < 4.78 is 0. The van der Waals surface area contributed by atoms with Crippen molar-refractivity contribution < 1.29 is 9.90 Å². The molecule has 5 nitrogen and oxygen atoms in total. The van der Waals surface area contributed by atoms with Gasteiger partial charge in [0.15, 0.2) is 6.29 Å². The SMILES string of the molecule is O=Cc1c(O)[nH][nH]c1=O. The van der Waals surface area contributed by atoms with Crippen LogP contribution in [0.3, 0.4) is 0 Å². The third-order valence-corrected chi connectivity index (χ3v) is 0.912. The molecule has 3 N–H and O–H groups in total. The van der Waals surface area contributed by atoms with Gasteiger partial charge in [-0.3, -0.25) is 19.8 Å². The Bertz CT molecular complexity index is 272. The number of carbonyl (C=O) groups excluding carboxylic acids is 1. The molecule has 1 aromatic rings. The first-order valence-corrected chi connectivity index (χ1v) is 2.20. The zero-order valence-electron chi connectivity index (χ0n) is 4.34. The zero-order valence-corrected chi connectivity index (χ0v) is 4.34. The Hall–Kier alpha value is -1.52. The van der Waals surface area contributed by atoms with Gasteiger partial charge in [0.05, 0.1) is 0 Å². The van der Waals surface area contributed by atoms with Crippen molar-refractivity contribution in [2.75, 3.05) is 0 Å². The number of hydrogen-bond acceptors (Lipinski definition) is 3. The molecule has 1 aromatic heterocycles. The van der Waals surface area contributed by atoms with Crippen LogP contribution in [0.2, 0.25) is 0 Å². The summed E-state index contributed by atoms with van der Waals surface area (Å²) in [5.74, 6) is -0.421. The van der Waals surface area contributed by atoms with Crippen molar-refractivity contribution in [2.45, 2.75) is 0 Å². The lowest BCUT2D eigenvalue weighted by Crippen LogP contribution is -2.03. The molecule has 0 saturated heterocycles. The third-order valence-electron chi connectivity index (χ3n) is 0.912. The minimum atomic E-state index is -0.609. The molecule has 0 amide bonds. The van der Waals surface area contributed by atoms with Gasteiger partial charge in [-0.2, -0.15) is 0 Å². The summed E-state index contributed by atoms with van der Waals surface area (Å²) in [4.78, 5) is 20.3. The molecule has 0 saturated carbocycles.